The van der Waals surface area contributed by atoms with E-state index in [1.54, 1.807) is 0 Å². The Morgan fingerprint density at radius 1 is 0.583 bits per heavy atom. The van der Waals surface area contributed by atoms with Crippen molar-refractivity contribution in [3.8, 4) is 11.5 Å². The van der Waals surface area contributed by atoms with Gasteiger partial charge in [-0.2, -0.15) is 0 Å². The van der Waals surface area contributed by atoms with Crippen molar-refractivity contribution in [3.63, 3.8) is 0 Å². The molecule has 0 fully saturated rings. The van der Waals surface area contributed by atoms with E-state index in [-0.39, 0.29) is 0 Å². The molecule has 0 aromatic heterocycles. The predicted molar refractivity (Wildman–Crippen MR) is 98.4 cm³/mol. The Balaban J connectivity index is 1.65. The maximum Gasteiger partial charge on any atom is 0.122 e. The molecule has 2 rings (SSSR count). The lowest BCUT2D eigenvalue weighted by molar-refractivity contribution is 0.0761. The van der Waals surface area contributed by atoms with Crippen LogP contribution in [0.4, 0.5) is 0 Å². The van der Waals surface area contributed by atoms with Gasteiger partial charge < -0.3 is 14.2 Å². The lowest BCUT2D eigenvalue weighted by Gasteiger charge is -2.13. The van der Waals surface area contributed by atoms with Gasteiger partial charge in [-0.25, -0.2) is 0 Å². The highest BCUT2D eigenvalue weighted by molar-refractivity contribution is 5.40. The van der Waals surface area contributed by atoms with Crippen molar-refractivity contribution in [2.24, 2.45) is 0 Å². The third-order valence-electron chi connectivity index (χ3n) is 4.11. The van der Waals surface area contributed by atoms with Crippen LogP contribution in [0.25, 0.3) is 0 Å². The first-order valence-electron chi connectivity index (χ1n) is 8.46. The van der Waals surface area contributed by atoms with Crippen molar-refractivity contribution >= 4 is 0 Å². The quantitative estimate of drug-likeness (QED) is 0.657. The van der Waals surface area contributed by atoms with Crippen LogP contribution in [-0.4, -0.2) is 26.4 Å². The van der Waals surface area contributed by atoms with Crippen molar-refractivity contribution in [1.29, 1.82) is 0 Å². The zero-order chi connectivity index (χ0) is 17.5. The van der Waals surface area contributed by atoms with Gasteiger partial charge in [0.1, 0.15) is 24.7 Å². The molecule has 0 N–H and O–H groups in total. The van der Waals surface area contributed by atoms with E-state index in [0.717, 1.165) is 22.6 Å². The maximum absolute atomic E-state index is 5.81. The first-order chi connectivity index (χ1) is 11.5. The van der Waals surface area contributed by atoms with Gasteiger partial charge in [0.25, 0.3) is 0 Å². The Kier molecular flexibility index (Phi) is 6.68. The normalized spacial score (nSPS) is 10.7. The number of rotatable bonds is 8. The minimum atomic E-state index is 0.548. The number of hydrogen-bond donors (Lipinski definition) is 0. The maximum atomic E-state index is 5.81. The Morgan fingerprint density at radius 2 is 1.17 bits per heavy atom. The van der Waals surface area contributed by atoms with Crippen LogP contribution in [-0.2, 0) is 4.74 Å². The highest BCUT2D eigenvalue weighted by atomic mass is 16.5. The summed E-state index contributed by atoms with van der Waals surface area (Å²) in [5.74, 6) is 1.87. The zero-order valence-electron chi connectivity index (χ0n) is 15.4. The molecule has 2 aromatic carbocycles. The molecule has 0 aliphatic heterocycles. The van der Waals surface area contributed by atoms with E-state index in [1.807, 2.05) is 0 Å². The molecule has 0 saturated carbocycles. The first kappa shape index (κ1) is 18.3. The van der Waals surface area contributed by atoms with Crippen LogP contribution < -0.4 is 9.47 Å². The van der Waals surface area contributed by atoms with Crippen LogP contribution in [0.15, 0.2) is 30.3 Å². The summed E-state index contributed by atoms with van der Waals surface area (Å²) in [6, 6.07) is 10.5. The SMILES string of the molecule is Cc1ccc(C)c(OCCOCCOc2cc(C)c(C)cc2C)c1. The van der Waals surface area contributed by atoms with Gasteiger partial charge >= 0.3 is 0 Å². The Labute approximate surface area is 145 Å². The highest BCUT2D eigenvalue weighted by Gasteiger charge is 2.03. The molecule has 0 aliphatic carbocycles. The van der Waals surface area contributed by atoms with Gasteiger partial charge in [0.2, 0.25) is 0 Å². The van der Waals surface area contributed by atoms with Crippen molar-refractivity contribution < 1.29 is 14.2 Å². The topological polar surface area (TPSA) is 27.7 Å². The average Bonchev–Trinajstić information content (AvgIpc) is 2.54. The summed E-state index contributed by atoms with van der Waals surface area (Å²) in [6.07, 6.45) is 0. The van der Waals surface area contributed by atoms with Crippen molar-refractivity contribution in [2.45, 2.75) is 34.6 Å². The fraction of sp³-hybridized carbons (Fsp3) is 0.429. The molecule has 0 amide bonds. The molecule has 0 atom stereocenters. The minimum Gasteiger partial charge on any atom is -0.491 e. The van der Waals surface area contributed by atoms with Gasteiger partial charge in [0.05, 0.1) is 13.2 Å². The summed E-state index contributed by atoms with van der Waals surface area (Å²) in [6.45, 7) is 12.6. The molecule has 0 spiro atoms. The molecule has 3 heteroatoms. The molecule has 0 heterocycles. The molecule has 0 unspecified atom stereocenters. The van der Waals surface area contributed by atoms with Gasteiger partial charge in [0, 0.05) is 0 Å². The van der Waals surface area contributed by atoms with Crippen LogP contribution in [0.2, 0.25) is 0 Å². The van der Waals surface area contributed by atoms with E-state index in [0.29, 0.717) is 26.4 Å². The van der Waals surface area contributed by atoms with Gasteiger partial charge in [-0.3, -0.25) is 0 Å². The largest absolute Gasteiger partial charge is 0.491 e. The Hall–Kier alpha value is -2.00. The summed E-state index contributed by atoms with van der Waals surface area (Å²) in [4.78, 5) is 0. The van der Waals surface area contributed by atoms with Gasteiger partial charge in [-0.1, -0.05) is 18.2 Å². The highest BCUT2D eigenvalue weighted by Crippen LogP contribution is 2.22. The molecule has 0 saturated heterocycles. The Morgan fingerprint density at radius 3 is 1.83 bits per heavy atom. The molecule has 24 heavy (non-hydrogen) atoms. The van der Waals surface area contributed by atoms with Crippen molar-refractivity contribution in [3.05, 3.63) is 58.1 Å². The number of aryl methyl sites for hydroxylation is 5. The van der Waals surface area contributed by atoms with E-state index in [2.05, 4.69) is 65.0 Å². The molecule has 0 radical (unpaired) electrons. The molecule has 2 aromatic rings. The smallest absolute Gasteiger partial charge is 0.122 e. The van der Waals surface area contributed by atoms with Crippen LogP contribution >= 0.6 is 0 Å². The zero-order valence-corrected chi connectivity index (χ0v) is 15.4. The summed E-state index contributed by atoms with van der Waals surface area (Å²) in [5, 5.41) is 0. The van der Waals surface area contributed by atoms with Crippen LogP contribution in [0.3, 0.4) is 0 Å². The fourth-order valence-electron chi connectivity index (χ4n) is 2.48. The van der Waals surface area contributed by atoms with E-state index in [4.69, 9.17) is 14.2 Å². The molecule has 0 aliphatic rings. The fourth-order valence-corrected chi connectivity index (χ4v) is 2.48. The average molecular weight is 328 g/mol. The summed E-state index contributed by atoms with van der Waals surface area (Å²) >= 11 is 0. The van der Waals surface area contributed by atoms with Gasteiger partial charge in [-0.05, 0) is 74.6 Å². The van der Waals surface area contributed by atoms with E-state index in [9.17, 15) is 0 Å². The third kappa shape index (κ3) is 5.27. The lowest BCUT2D eigenvalue weighted by atomic mass is 10.1. The number of hydrogen-bond acceptors (Lipinski definition) is 3. The van der Waals surface area contributed by atoms with Crippen LogP contribution in [0.5, 0.6) is 11.5 Å². The first-order valence-corrected chi connectivity index (χ1v) is 8.46. The van der Waals surface area contributed by atoms with Crippen LogP contribution in [0.1, 0.15) is 27.8 Å². The van der Waals surface area contributed by atoms with E-state index >= 15 is 0 Å². The molecule has 130 valence electrons. The summed E-state index contributed by atoms with van der Waals surface area (Å²) in [7, 11) is 0. The van der Waals surface area contributed by atoms with Crippen molar-refractivity contribution in [1.82, 2.24) is 0 Å². The second kappa shape index (κ2) is 8.74. The van der Waals surface area contributed by atoms with Gasteiger partial charge in [-0.15, -0.1) is 0 Å². The Bertz CT molecular complexity index is 677. The monoisotopic (exact) mass is 328 g/mol. The summed E-state index contributed by atoms with van der Waals surface area (Å²) in [5.41, 5.74) is 6.05. The lowest BCUT2D eigenvalue weighted by Crippen LogP contribution is -2.12. The summed E-state index contributed by atoms with van der Waals surface area (Å²) < 4.78 is 17.2. The van der Waals surface area contributed by atoms with E-state index in [1.165, 1.54) is 16.7 Å². The second-order valence-corrected chi connectivity index (χ2v) is 6.28. The van der Waals surface area contributed by atoms with E-state index < -0.39 is 0 Å². The second-order valence-electron chi connectivity index (χ2n) is 6.28. The molecule has 3 nitrogen and oxygen atoms in total. The minimum absolute atomic E-state index is 0.548. The van der Waals surface area contributed by atoms with Gasteiger partial charge in [0.15, 0.2) is 0 Å². The molecule has 0 bridgehead atoms. The number of ether oxygens (including phenoxy) is 3. The molecular formula is C21H28O3. The molecular weight excluding hydrogens is 300 g/mol. The standard InChI is InChI=1S/C21H28O3/c1-15-6-7-16(2)20(12-15)23-10-8-22-9-11-24-21-14-18(4)17(3)13-19(21)5/h6-7,12-14H,8-11H2,1-5H3. The number of benzene rings is 2. The predicted octanol–water partition coefficient (Wildman–Crippen LogP) is 4.70. The van der Waals surface area contributed by atoms with Crippen LogP contribution in [0, 0.1) is 34.6 Å². The third-order valence-corrected chi connectivity index (χ3v) is 4.11. The van der Waals surface area contributed by atoms with Crippen molar-refractivity contribution in [2.75, 3.05) is 26.4 Å².